The van der Waals surface area contributed by atoms with Crippen LogP contribution in [0.25, 0.3) is 0 Å². The van der Waals surface area contributed by atoms with E-state index in [0.29, 0.717) is 5.69 Å². The standard InChI is InChI=1S/C13H8ClN3O3S/c14-10-2-1-8(5-7(10)6-15)16-13(20)17-11-9(12(18)19)3-4-21-11/h1-5H,(H,18,19)(H2,16,17,20). The number of amides is 2. The Kier molecular flexibility index (Phi) is 4.42. The normalized spacial score (nSPS) is 9.71. The lowest BCUT2D eigenvalue weighted by molar-refractivity contribution is 0.0698. The van der Waals surface area contributed by atoms with E-state index in [9.17, 15) is 9.59 Å². The number of carboxylic acid groups (broad SMARTS) is 1. The van der Waals surface area contributed by atoms with E-state index in [0.717, 1.165) is 11.3 Å². The molecule has 0 fully saturated rings. The smallest absolute Gasteiger partial charge is 0.338 e. The van der Waals surface area contributed by atoms with Gasteiger partial charge in [-0.25, -0.2) is 9.59 Å². The molecule has 106 valence electrons. The molecule has 6 nitrogen and oxygen atoms in total. The van der Waals surface area contributed by atoms with Crippen LogP contribution in [0.1, 0.15) is 15.9 Å². The topological polar surface area (TPSA) is 102 Å². The summed E-state index contributed by atoms with van der Waals surface area (Å²) < 4.78 is 0. The van der Waals surface area contributed by atoms with Crippen molar-refractivity contribution < 1.29 is 14.7 Å². The predicted molar refractivity (Wildman–Crippen MR) is 80.1 cm³/mol. The van der Waals surface area contributed by atoms with Gasteiger partial charge in [0, 0.05) is 5.69 Å². The number of urea groups is 1. The van der Waals surface area contributed by atoms with Gasteiger partial charge in [-0.15, -0.1) is 11.3 Å². The maximum Gasteiger partial charge on any atom is 0.338 e. The summed E-state index contributed by atoms with van der Waals surface area (Å²) in [6.45, 7) is 0. The summed E-state index contributed by atoms with van der Waals surface area (Å²) in [4.78, 5) is 22.7. The van der Waals surface area contributed by atoms with Crippen LogP contribution in [0.2, 0.25) is 5.02 Å². The van der Waals surface area contributed by atoms with E-state index < -0.39 is 12.0 Å². The first-order valence-corrected chi connectivity index (χ1v) is 6.85. The van der Waals surface area contributed by atoms with Crippen molar-refractivity contribution in [2.24, 2.45) is 0 Å². The fourth-order valence-corrected chi connectivity index (χ4v) is 2.46. The number of thiophene rings is 1. The molecule has 21 heavy (non-hydrogen) atoms. The molecule has 0 spiro atoms. The number of carbonyl (C=O) groups excluding carboxylic acids is 1. The number of nitrogens with one attached hydrogen (secondary N) is 2. The molecule has 1 heterocycles. The Morgan fingerprint density at radius 1 is 1.29 bits per heavy atom. The predicted octanol–water partition coefficient (Wildman–Crippen LogP) is 3.62. The quantitative estimate of drug-likeness (QED) is 0.803. The lowest BCUT2D eigenvalue weighted by Gasteiger charge is -2.07. The molecule has 0 saturated carbocycles. The average molecular weight is 322 g/mol. The number of hydrogen-bond acceptors (Lipinski definition) is 4. The van der Waals surface area contributed by atoms with Crippen LogP contribution >= 0.6 is 22.9 Å². The lowest BCUT2D eigenvalue weighted by Crippen LogP contribution is -2.20. The second-order valence-corrected chi connectivity index (χ2v) is 5.18. The monoisotopic (exact) mass is 321 g/mol. The fourth-order valence-electron chi connectivity index (χ4n) is 1.53. The molecule has 1 aromatic carbocycles. The summed E-state index contributed by atoms with van der Waals surface area (Å²) in [7, 11) is 0. The molecule has 1 aromatic heterocycles. The summed E-state index contributed by atoms with van der Waals surface area (Å²) in [5.41, 5.74) is 0.627. The van der Waals surface area contributed by atoms with Crippen molar-refractivity contribution in [2.75, 3.05) is 10.6 Å². The molecule has 0 aliphatic heterocycles. The molecule has 0 saturated heterocycles. The third-order valence-corrected chi connectivity index (χ3v) is 3.63. The molecule has 0 aliphatic carbocycles. The van der Waals surface area contributed by atoms with Gasteiger partial charge in [-0.05, 0) is 29.6 Å². The summed E-state index contributed by atoms with van der Waals surface area (Å²) in [6, 6.07) is 7.15. The number of anilines is 2. The minimum absolute atomic E-state index is 0.0176. The van der Waals surface area contributed by atoms with E-state index in [-0.39, 0.29) is 21.2 Å². The SMILES string of the molecule is N#Cc1cc(NC(=O)Nc2sccc2C(=O)O)ccc1Cl. The van der Waals surface area contributed by atoms with E-state index in [4.69, 9.17) is 22.0 Å². The zero-order valence-electron chi connectivity index (χ0n) is 10.4. The molecule has 0 bridgehead atoms. The van der Waals surface area contributed by atoms with Crippen LogP contribution in [0.15, 0.2) is 29.6 Å². The van der Waals surface area contributed by atoms with Crippen LogP contribution in [-0.4, -0.2) is 17.1 Å². The number of carbonyl (C=O) groups is 2. The molecule has 2 amide bonds. The first-order chi connectivity index (χ1) is 10.0. The van der Waals surface area contributed by atoms with Gasteiger partial charge in [-0.1, -0.05) is 11.6 Å². The number of rotatable bonds is 3. The second-order valence-electron chi connectivity index (χ2n) is 3.85. The van der Waals surface area contributed by atoms with Crippen LogP contribution in [0.4, 0.5) is 15.5 Å². The van der Waals surface area contributed by atoms with Crippen LogP contribution in [0.3, 0.4) is 0 Å². The number of halogens is 1. The molecule has 8 heteroatoms. The van der Waals surface area contributed by atoms with Gasteiger partial charge < -0.3 is 10.4 Å². The highest BCUT2D eigenvalue weighted by atomic mass is 35.5. The zero-order valence-corrected chi connectivity index (χ0v) is 12.0. The molecular weight excluding hydrogens is 314 g/mol. The van der Waals surface area contributed by atoms with Crippen molar-refractivity contribution in [2.45, 2.75) is 0 Å². The summed E-state index contributed by atoms with van der Waals surface area (Å²) in [5.74, 6) is -1.12. The van der Waals surface area contributed by atoms with E-state index in [1.54, 1.807) is 5.38 Å². The number of nitriles is 1. The molecular formula is C13H8ClN3O3S. The van der Waals surface area contributed by atoms with Crippen molar-refractivity contribution in [3.05, 3.63) is 45.8 Å². The molecule has 0 aliphatic rings. The van der Waals surface area contributed by atoms with E-state index in [2.05, 4.69) is 10.6 Å². The molecule has 0 radical (unpaired) electrons. The Labute approximate surface area is 128 Å². The van der Waals surface area contributed by atoms with E-state index in [1.807, 2.05) is 6.07 Å². The van der Waals surface area contributed by atoms with Crippen molar-refractivity contribution in [3.8, 4) is 6.07 Å². The van der Waals surface area contributed by atoms with E-state index in [1.165, 1.54) is 24.3 Å². The summed E-state index contributed by atoms with van der Waals surface area (Å²) in [6.07, 6.45) is 0. The first kappa shape index (κ1) is 14.8. The molecule has 2 rings (SSSR count). The molecule has 0 atom stereocenters. The highest BCUT2D eigenvalue weighted by molar-refractivity contribution is 7.14. The zero-order chi connectivity index (χ0) is 15.4. The van der Waals surface area contributed by atoms with Gasteiger partial charge in [0.25, 0.3) is 0 Å². The Morgan fingerprint density at radius 3 is 2.71 bits per heavy atom. The highest BCUT2D eigenvalue weighted by Gasteiger charge is 2.14. The number of hydrogen-bond donors (Lipinski definition) is 3. The van der Waals surface area contributed by atoms with Gasteiger partial charge in [0.1, 0.15) is 11.1 Å². The molecule has 0 unspecified atom stereocenters. The maximum absolute atomic E-state index is 11.8. The third-order valence-electron chi connectivity index (χ3n) is 2.47. The Hall–Kier alpha value is -2.56. The van der Waals surface area contributed by atoms with Gasteiger partial charge in [0.15, 0.2) is 0 Å². The first-order valence-electron chi connectivity index (χ1n) is 5.59. The highest BCUT2D eigenvalue weighted by Crippen LogP contribution is 2.24. The number of nitrogens with zero attached hydrogens (tertiary/aromatic N) is 1. The van der Waals surface area contributed by atoms with Crippen molar-refractivity contribution in [1.82, 2.24) is 0 Å². The van der Waals surface area contributed by atoms with Crippen molar-refractivity contribution in [3.63, 3.8) is 0 Å². The lowest BCUT2D eigenvalue weighted by atomic mass is 10.2. The van der Waals surface area contributed by atoms with Crippen molar-refractivity contribution in [1.29, 1.82) is 5.26 Å². The average Bonchev–Trinajstić information content (AvgIpc) is 2.89. The molecule has 2 aromatic rings. The number of carboxylic acids is 1. The summed E-state index contributed by atoms with van der Waals surface area (Å²) in [5, 5.41) is 24.8. The minimum atomic E-state index is -1.12. The van der Waals surface area contributed by atoms with Gasteiger partial charge in [0.2, 0.25) is 0 Å². The Balaban J connectivity index is 2.10. The third kappa shape index (κ3) is 3.51. The minimum Gasteiger partial charge on any atom is -0.478 e. The Bertz CT molecular complexity index is 751. The van der Waals surface area contributed by atoms with Gasteiger partial charge in [-0.2, -0.15) is 5.26 Å². The van der Waals surface area contributed by atoms with Crippen LogP contribution in [-0.2, 0) is 0 Å². The van der Waals surface area contributed by atoms with Gasteiger partial charge >= 0.3 is 12.0 Å². The van der Waals surface area contributed by atoms with Crippen molar-refractivity contribution >= 4 is 45.6 Å². The number of benzene rings is 1. The summed E-state index contributed by atoms with van der Waals surface area (Å²) >= 11 is 6.89. The van der Waals surface area contributed by atoms with Crippen LogP contribution in [0.5, 0.6) is 0 Å². The maximum atomic E-state index is 11.8. The largest absolute Gasteiger partial charge is 0.478 e. The van der Waals surface area contributed by atoms with E-state index >= 15 is 0 Å². The van der Waals surface area contributed by atoms with Crippen LogP contribution < -0.4 is 10.6 Å². The van der Waals surface area contributed by atoms with Gasteiger partial charge in [-0.3, -0.25) is 5.32 Å². The Morgan fingerprint density at radius 2 is 2.05 bits per heavy atom. The van der Waals surface area contributed by atoms with Gasteiger partial charge in [0.05, 0.1) is 16.1 Å². The second kappa shape index (κ2) is 6.26. The molecule has 3 N–H and O–H groups in total. The number of aromatic carboxylic acids is 1. The van der Waals surface area contributed by atoms with Crippen LogP contribution in [0, 0.1) is 11.3 Å². The fraction of sp³-hybridized carbons (Fsp3) is 0.